The lowest BCUT2D eigenvalue weighted by molar-refractivity contribution is 0.157. The number of terminal acetylenes is 1. The second kappa shape index (κ2) is 19.9. The van der Waals surface area contributed by atoms with Gasteiger partial charge in [0.05, 0.1) is 19.0 Å². The van der Waals surface area contributed by atoms with E-state index in [1.165, 1.54) is 12.8 Å². The molecule has 1 aromatic rings. The van der Waals surface area contributed by atoms with E-state index in [0.717, 1.165) is 47.9 Å². The van der Waals surface area contributed by atoms with Crippen LogP contribution in [0, 0.1) is 19.8 Å². The molecular formula is C27H39N3O3S. The third-order valence-electron chi connectivity index (χ3n) is 4.83. The van der Waals surface area contributed by atoms with Crippen LogP contribution in [0.3, 0.4) is 0 Å². The van der Waals surface area contributed by atoms with E-state index in [1.807, 2.05) is 50.4 Å². The SMILES string of the molecule is C#C.C/C=C(\C=C/COCCCCCNC)C1=NN=C(CSCCOc2ccccc2C)OC1. The Hall–Kier alpha value is -2.53. The van der Waals surface area contributed by atoms with Gasteiger partial charge in [-0.25, -0.2) is 0 Å². The maximum absolute atomic E-state index is 5.82. The Kier molecular flexibility index (Phi) is 17.3. The summed E-state index contributed by atoms with van der Waals surface area (Å²) in [6.07, 6.45) is 17.6. The average molecular weight is 486 g/mol. The molecule has 186 valence electrons. The number of nitrogens with one attached hydrogen (secondary N) is 1. The largest absolute Gasteiger partial charge is 0.492 e. The van der Waals surface area contributed by atoms with Crippen LogP contribution < -0.4 is 10.1 Å². The summed E-state index contributed by atoms with van der Waals surface area (Å²) in [4.78, 5) is 0. The van der Waals surface area contributed by atoms with Gasteiger partial charge in [-0.2, -0.15) is 0 Å². The predicted molar refractivity (Wildman–Crippen MR) is 146 cm³/mol. The number of aryl methyl sites for hydroxylation is 1. The van der Waals surface area contributed by atoms with Crippen molar-refractivity contribution in [1.29, 1.82) is 0 Å². The van der Waals surface area contributed by atoms with E-state index >= 15 is 0 Å². The zero-order chi connectivity index (χ0) is 24.9. The molecule has 0 radical (unpaired) electrons. The minimum absolute atomic E-state index is 0.440. The van der Waals surface area contributed by atoms with Crippen molar-refractivity contribution in [2.45, 2.75) is 33.1 Å². The molecule has 6 nitrogen and oxygen atoms in total. The highest BCUT2D eigenvalue weighted by molar-refractivity contribution is 7.99. The Morgan fingerprint density at radius 1 is 1.18 bits per heavy atom. The Balaban J connectivity index is 0.00000281. The molecule has 34 heavy (non-hydrogen) atoms. The summed E-state index contributed by atoms with van der Waals surface area (Å²) in [6.45, 7) is 7.61. The predicted octanol–water partition coefficient (Wildman–Crippen LogP) is 5.05. The molecule has 0 unspecified atom stereocenters. The number of nitrogens with zero attached hydrogens (tertiary/aromatic N) is 2. The van der Waals surface area contributed by atoms with Crippen molar-refractivity contribution in [3.8, 4) is 18.6 Å². The number of rotatable bonds is 16. The highest BCUT2D eigenvalue weighted by atomic mass is 32.2. The van der Waals surface area contributed by atoms with Crippen molar-refractivity contribution in [2.24, 2.45) is 10.2 Å². The van der Waals surface area contributed by atoms with Crippen molar-refractivity contribution in [2.75, 3.05) is 51.5 Å². The second-order valence-electron chi connectivity index (χ2n) is 7.38. The lowest BCUT2D eigenvalue weighted by Gasteiger charge is -2.14. The van der Waals surface area contributed by atoms with Crippen LogP contribution in [-0.4, -0.2) is 63.1 Å². The summed E-state index contributed by atoms with van der Waals surface area (Å²) in [5.74, 6) is 3.16. The highest BCUT2D eigenvalue weighted by Crippen LogP contribution is 2.17. The van der Waals surface area contributed by atoms with E-state index < -0.39 is 0 Å². The molecular weight excluding hydrogens is 446 g/mol. The topological polar surface area (TPSA) is 64.4 Å². The molecule has 0 amide bonds. The summed E-state index contributed by atoms with van der Waals surface area (Å²) >= 11 is 1.73. The van der Waals surface area contributed by atoms with Crippen LogP contribution in [0.15, 0.2) is 58.3 Å². The number of hydrogen-bond acceptors (Lipinski definition) is 7. The van der Waals surface area contributed by atoms with Crippen molar-refractivity contribution < 1.29 is 14.2 Å². The van der Waals surface area contributed by atoms with Crippen molar-refractivity contribution in [3.63, 3.8) is 0 Å². The maximum atomic E-state index is 5.82. The molecule has 1 aliphatic rings. The number of allylic oxidation sites excluding steroid dienone is 2. The highest BCUT2D eigenvalue weighted by Gasteiger charge is 2.13. The fraction of sp³-hybridized carbons (Fsp3) is 0.481. The summed E-state index contributed by atoms with van der Waals surface area (Å²) < 4.78 is 17.3. The summed E-state index contributed by atoms with van der Waals surface area (Å²) in [7, 11) is 1.98. The molecule has 0 saturated heterocycles. The van der Waals surface area contributed by atoms with Gasteiger partial charge in [0.15, 0.2) is 0 Å². The molecule has 7 heteroatoms. The monoisotopic (exact) mass is 485 g/mol. The van der Waals surface area contributed by atoms with Gasteiger partial charge in [0.2, 0.25) is 5.90 Å². The smallest absolute Gasteiger partial charge is 0.219 e. The molecule has 0 bridgehead atoms. The molecule has 0 saturated carbocycles. The van der Waals surface area contributed by atoms with Crippen LogP contribution in [0.2, 0.25) is 0 Å². The van der Waals surface area contributed by atoms with Gasteiger partial charge in [-0.3, -0.25) is 0 Å². The number of hydrogen-bond donors (Lipinski definition) is 1. The van der Waals surface area contributed by atoms with Gasteiger partial charge in [0, 0.05) is 12.4 Å². The van der Waals surface area contributed by atoms with E-state index in [4.69, 9.17) is 14.2 Å². The summed E-state index contributed by atoms with van der Waals surface area (Å²) in [5.41, 5.74) is 3.01. The van der Waals surface area contributed by atoms with E-state index in [1.54, 1.807) is 11.8 Å². The first-order valence-corrected chi connectivity index (χ1v) is 12.8. The Labute approximate surface area is 209 Å². The molecule has 1 heterocycles. The molecule has 0 fully saturated rings. The molecule has 0 spiro atoms. The molecule has 0 aromatic heterocycles. The minimum atomic E-state index is 0.440. The average Bonchev–Trinajstić information content (AvgIpc) is 2.88. The molecule has 0 aliphatic carbocycles. The van der Waals surface area contributed by atoms with Crippen LogP contribution in [0.5, 0.6) is 5.75 Å². The van der Waals surface area contributed by atoms with Gasteiger partial charge in [-0.05, 0) is 63.9 Å². The number of benzene rings is 1. The van der Waals surface area contributed by atoms with E-state index in [0.29, 0.717) is 31.5 Å². The molecule has 1 aliphatic heterocycles. The van der Waals surface area contributed by atoms with Crippen LogP contribution in [0.25, 0.3) is 0 Å². The van der Waals surface area contributed by atoms with Gasteiger partial charge >= 0.3 is 0 Å². The minimum Gasteiger partial charge on any atom is -0.492 e. The number of para-hydroxylation sites is 1. The fourth-order valence-electron chi connectivity index (χ4n) is 2.99. The zero-order valence-electron chi connectivity index (χ0n) is 20.8. The lowest BCUT2D eigenvalue weighted by Crippen LogP contribution is -2.21. The molecule has 0 atom stereocenters. The van der Waals surface area contributed by atoms with Gasteiger partial charge in [-0.15, -0.1) is 34.8 Å². The number of thioether (sulfide) groups is 1. The lowest BCUT2D eigenvalue weighted by atomic mass is 10.1. The van der Waals surface area contributed by atoms with Crippen LogP contribution in [0.1, 0.15) is 31.7 Å². The zero-order valence-corrected chi connectivity index (χ0v) is 21.6. The number of unbranched alkanes of at least 4 members (excludes halogenated alkanes) is 2. The van der Waals surface area contributed by atoms with Gasteiger partial charge in [0.25, 0.3) is 0 Å². The fourth-order valence-corrected chi connectivity index (χ4v) is 3.65. The Morgan fingerprint density at radius 2 is 2.00 bits per heavy atom. The van der Waals surface area contributed by atoms with E-state index in [9.17, 15) is 0 Å². The van der Waals surface area contributed by atoms with Crippen LogP contribution in [0.4, 0.5) is 0 Å². The van der Waals surface area contributed by atoms with Gasteiger partial charge in [0.1, 0.15) is 18.1 Å². The third-order valence-corrected chi connectivity index (χ3v) is 5.74. The summed E-state index contributed by atoms with van der Waals surface area (Å²) in [5, 5.41) is 11.8. The molecule has 2 rings (SSSR count). The van der Waals surface area contributed by atoms with Crippen molar-refractivity contribution in [1.82, 2.24) is 5.32 Å². The van der Waals surface area contributed by atoms with E-state index in [-0.39, 0.29) is 0 Å². The normalized spacial score (nSPS) is 13.5. The number of ether oxygens (including phenoxy) is 3. The Morgan fingerprint density at radius 3 is 2.71 bits per heavy atom. The molecule has 1 N–H and O–H groups in total. The van der Waals surface area contributed by atoms with Gasteiger partial charge < -0.3 is 19.5 Å². The van der Waals surface area contributed by atoms with Crippen LogP contribution >= 0.6 is 11.8 Å². The van der Waals surface area contributed by atoms with Crippen molar-refractivity contribution >= 4 is 23.4 Å². The first kappa shape index (κ1) is 29.5. The first-order valence-electron chi connectivity index (χ1n) is 11.7. The first-order chi connectivity index (χ1) is 16.7. The summed E-state index contributed by atoms with van der Waals surface area (Å²) in [6, 6.07) is 8.06. The third kappa shape index (κ3) is 12.6. The molecule has 1 aromatic carbocycles. The van der Waals surface area contributed by atoms with E-state index in [2.05, 4.69) is 41.4 Å². The van der Waals surface area contributed by atoms with Crippen molar-refractivity contribution in [3.05, 3.63) is 53.6 Å². The Bertz CT molecular complexity index is 831. The second-order valence-corrected chi connectivity index (χ2v) is 8.49. The standard InChI is InChI=1S/C25H37N3O3S.C2H2/c1-4-22(12-10-16-29-15-9-5-8-14-26-3)23-19-31-25(28-27-23)20-32-18-17-30-24-13-7-6-11-21(24)2;1-2/h4,6-7,10-13,26H,5,8-9,14-20H2,1-3H3;1-2H/b12-10-,22-4+;. The van der Waals surface area contributed by atoms with Gasteiger partial charge in [-0.1, -0.05) is 36.4 Å². The van der Waals surface area contributed by atoms with Crippen LogP contribution in [-0.2, 0) is 9.47 Å². The maximum Gasteiger partial charge on any atom is 0.219 e. The quantitative estimate of drug-likeness (QED) is 0.202.